The molecule has 0 unspecified atom stereocenters. The van der Waals surface area contributed by atoms with Gasteiger partial charge in [0.25, 0.3) is 0 Å². The molecule has 0 heterocycles. The van der Waals surface area contributed by atoms with Gasteiger partial charge in [0, 0.05) is 24.1 Å². The van der Waals surface area contributed by atoms with Gasteiger partial charge in [0.1, 0.15) is 29.0 Å². The van der Waals surface area contributed by atoms with Gasteiger partial charge in [-0.05, 0) is 20.8 Å². The maximum absolute atomic E-state index is 13.6. The van der Waals surface area contributed by atoms with Crippen LogP contribution in [0.4, 0.5) is 13.6 Å². The van der Waals surface area contributed by atoms with E-state index in [0.29, 0.717) is 12.1 Å². The number of aromatic hydroxyl groups is 1. The number of nitrogens with one attached hydrogen (secondary N) is 1. The standard InChI is InChI=1S/C14H17F2NO5/c1-14(2,3)22-13(21)17-11(12(19)20)6-8-9(15)4-7(18)5-10(8)16/h4-5,11,18H,6H2,1-3H3,(H,17,21)(H,19,20)/t11-/m1/s1. The topological polar surface area (TPSA) is 95.9 Å². The molecule has 1 aromatic rings. The highest BCUT2D eigenvalue weighted by atomic mass is 19.1. The molecule has 3 N–H and O–H groups in total. The van der Waals surface area contributed by atoms with Crippen LogP contribution < -0.4 is 5.32 Å². The van der Waals surface area contributed by atoms with Crippen LogP contribution in [0.3, 0.4) is 0 Å². The van der Waals surface area contributed by atoms with Crippen LogP contribution >= 0.6 is 0 Å². The smallest absolute Gasteiger partial charge is 0.408 e. The third-order valence-corrected chi connectivity index (χ3v) is 2.52. The SMILES string of the molecule is CC(C)(C)OC(=O)N[C@H](Cc1c(F)cc(O)cc1F)C(=O)O. The molecule has 0 saturated carbocycles. The Bertz CT molecular complexity index is 560. The van der Waals surface area contributed by atoms with Crippen molar-refractivity contribution in [1.82, 2.24) is 5.32 Å². The second-order valence-corrected chi connectivity index (χ2v) is 5.63. The Labute approximate surface area is 125 Å². The molecule has 0 fully saturated rings. The number of phenolic OH excluding ortho intramolecular Hbond substituents is 1. The van der Waals surface area contributed by atoms with Crippen molar-refractivity contribution in [3.05, 3.63) is 29.3 Å². The van der Waals surface area contributed by atoms with E-state index < -0.39 is 53.1 Å². The molecule has 0 spiro atoms. The molecule has 0 aliphatic rings. The summed E-state index contributed by atoms with van der Waals surface area (Å²) in [6.07, 6.45) is -1.65. The van der Waals surface area contributed by atoms with E-state index in [4.69, 9.17) is 14.9 Å². The monoisotopic (exact) mass is 317 g/mol. The number of ether oxygens (including phenoxy) is 1. The molecule has 122 valence electrons. The van der Waals surface area contributed by atoms with Crippen LogP contribution in [0.5, 0.6) is 5.75 Å². The molecule has 1 aromatic carbocycles. The van der Waals surface area contributed by atoms with Crippen LogP contribution in [0.2, 0.25) is 0 Å². The molecule has 8 heteroatoms. The number of alkyl carbamates (subject to hydrolysis) is 1. The number of carboxylic acids is 1. The van der Waals surface area contributed by atoms with Crippen molar-refractivity contribution < 1.29 is 33.3 Å². The first kappa shape index (κ1) is 17.7. The summed E-state index contributed by atoms with van der Waals surface area (Å²) in [5, 5.41) is 20.1. The molecule has 0 radical (unpaired) electrons. The zero-order valence-electron chi connectivity index (χ0n) is 12.3. The van der Waals surface area contributed by atoms with E-state index >= 15 is 0 Å². The summed E-state index contributed by atoms with van der Waals surface area (Å²) in [4.78, 5) is 22.7. The van der Waals surface area contributed by atoms with Crippen molar-refractivity contribution in [2.45, 2.75) is 38.8 Å². The van der Waals surface area contributed by atoms with Crippen LogP contribution in [0, 0.1) is 11.6 Å². The fraction of sp³-hybridized carbons (Fsp3) is 0.429. The highest BCUT2D eigenvalue weighted by Gasteiger charge is 2.26. The van der Waals surface area contributed by atoms with Crippen molar-refractivity contribution in [1.29, 1.82) is 0 Å². The molecular formula is C14H17F2NO5. The number of carbonyl (C=O) groups excluding carboxylic acids is 1. The van der Waals surface area contributed by atoms with E-state index in [1.54, 1.807) is 20.8 Å². The van der Waals surface area contributed by atoms with E-state index in [9.17, 15) is 18.4 Å². The molecule has 1 rings (SSSR count). The van der Waals surface area contributed by atoms with Gasteiger partial charge in [-0.2, -0.15) is 0 Å². The molecule has 22 heavy (non-hydrogen) atoms. The number of halogens is 2. The van der Waals surface area contributed by atoms with Crippen LogP contribution in [-0.2, 0) is 16.0 Å². The van der Waals surface area contributed by atoms with Gasteiger partial charge < -0.3 is 20.3 Å². The predicted molar refractivity (Wildman–Crippen MR) is 72.5 cm³/mol. The van der Waals surface area contributed by atoms with Crippen LogP contribution in [0.15, 0.2) is 12.1 Å². The number of aliphatic carboxylic acids is 1. The second kappa shape index (κ2) is 6.59. The summed E-state index contributed by atoms with van der Waals surface area (Å²) in [5.41, 5.74) is -1.40. The third-order valence-electron chi connectivity index (χ3n) is 2.52. The number of hydrogen-bond acceptors (Lipinski definition) is 4. The Balaban J connectivity index is 2.90. The van der Waals surface area contributed by atoms with Crippen LogP contribution in [0.1, 0.15) is 26.3 Å². The molecule has 0 aliphatic carbocycles. The van der Waals surface area contributed by atoms with Gasteiger partial charge in [0.05, 0.1) is 0 Å². The lowest BCUT2D eigenvalue weighted by Crippen LogP contribution is -2.45. The summed E-state index contributed by atoms with van der Waals surface area (Å²) in [6, 6.07) is -0.265. The fourth-order valence-corrected chi connectivity index (χ4v) is 1.64. The molecule has 0 saturated heterocycles. The first-order chi connectivity index (χ1) is 9.99. The van der Waals surface area contributed by atoms with E-state index in [1.165, 1.54) is 0 Å². The average molecular weight is 317 g/mol. The fourth-order valence-electron chi connectivity index (χ4n) is 1.64. The number of rotatable bonds is 4. The van der Waals surface area contributed by atoms with Gasteiger partial charge in [-0.15, -0.1) is 0 Å². The molecule has 6 nitrogen and oxygen atoms in total. The molecule has 0 aromatic heterocycles. The van der Waals surface area contributed by atoms with Gasteiger partial charge in [-0.3, -0.25) is 0 Å². The highest BCUT2D eigenvalue weighted by molar-refractivity contribution is 5.80. The molecule has 1 atom stereocenters. The van der Waals surface area contributed by atoms with Gasteiger partial charge in [0.2, 0.25) is 0 Å². The normalized spacial score (nSPS) is 12.6. The quantitative estimate of drug-likeness (QED) is 0.791. The first-order valence-corrected chi connectivity index (χ1v) is 6.39. The third kappa shape index (κ3) is 5.19. The second-order valence-electron chi connectivity index (χ2n) is 5.63. The van der Waals surface area contributed by atoms with Crippen molar-refractivity contribution in [3.8, 4) is 5.75 Å². The first-order valence-electron chi connectivity index (χ1n) is 6.39. The van der Waals surface area contributed by atoms with Crippen molar-refractivity contribution in [3.63, 3.8) is 0 Å². The van der Waals surface area contributed by atoms with Gasteiger partial charge in [-0.1, -0.05) is 0 Å². The molecule has 1 amide bonds. The van der Waals surface area contributed by atoms with Gasteiger partial charge >= 0.3 is 12.1 Å². The maximum atomic E-state index is 13.6. The minimum Gasteiger partial charge on any atom is -0.508 e. The van der Waals surface area contributed by atoms with E-state index in [1.807, 2.05) is 5.32 Å². The Morgan fingerprint density at radius 2 is 1.77 bits per heavy atom. The predicted octanol–water partition coefficient (Wildman–Crippen LogP) is 2.19. The minimum absolute atomic E-state index is 0.554. The lowest BCUT2D eigenvalue weighted by molar-refractivity contribution is -0.139. The van der Waals surface area contributed by atoms with Crippen LogP contribution in [0.25, 0.3) is 0 Å². The Hall–Kier alpha value is -2.38. The average Bonchev–Trinajstić information content (AvgIpc) is 2.29. The lowest BCUT2D eigenvalue weighted by Gasteiger charge is -2.22. The number of carbonyl (C=O) groups is 2. The van der Waals surface area contributed by atoms with Crippen molar-refractivity contribution in [2.24, 2.45) is 0 Å². The number of phenols is 1. The maximum Gasteiger partial charge on any atom is 0.408 e. The Kier molecular flexibility index (Phi) is 5.29. The summed E-state index contributed by atoms with van der Waals surface area (Å²) in [6.45, 7) is 4.75. The molecule has 0 bridgehead atoms. The van der Waals surface area contributed by atoms with E-state index in [-0.39, 0.29) is 0 Å². The lowest BCUT2D eigenvalue weighted by atomic mass is 10.0. The number of benzene rings is 1. The van der Waals surface area contributed by atoms with E-state index in [2.05, 4.69) is 0 Å². The number of amides is 1. The summed E-state index contributed by atoms with van der Waals surface area (Å²) in [7, 11) is 0. The molecular weight excluding hydrogens is 300 g/mol. The minimum atomic E-state index is -1.58. The Morgan fingerprint density at radius 3 is 2.18 bits per heavy atom. The van der Waals surface area contributed by atoms with Crippen molar-refractivity contribution >= 4 is 12.1 Å². The zero-order chi connectivity index (χ0) is 17.1. The van der Waals surface area contributed by atoms with Gasteiger partial charge in [-0.25, -0.2) is 18.4 Å². The van der Waals surface area contributed by atoms with E-state index in [0.717, 1.165) is 0 Å². The summed E-state index contributed by atoms with van der Waals surface area (Å²) >= 11 is 0. The highest BCUT2D eigenvalue weighted by Crippen LogP contribution is 2.21. The summed E-state index contributed by atoms with van der Waals surface area (Å²) < 4.78 is 32.1. The summed E-state index contributed by atoms with van der Waals surface area (Å²) in [5.74, 6) is -4.30. The van der Waals surface area contributed by atoms with Gasteiger partial charge in [0.15, 0.2) is 0 Å². The Morgan fingerprint density at radius 1 is 1.27 bits per heavy atom. The number of hydrogen-bond donors (Lipinski definition) is 3. The van der Waals surface area contributed by atoms with Crippen molar-refractivity contribution in [2.75, 3.05) is 0 Å². The van der Waals surface area contributed by atoms with Crippen LogP contribution in [-0.4, -0.2) is 33.9 Å². The number of carboxylic acid groups (broad SMARTS) is 1. The largest absolute Gasteiger partial charge is 0.508 e. The molecule has 0 aliphatic heterocycles. The zero-order valence-corrected chi connectivity index (χ0v) is 12.3.